The molecule has 0 amide bonds. The molecule has 0 heterocycles. The number of rotatable bonds is 79. The predicted octanol–water partition coefficient (Wildman–Crippen LogP) is 23.4. The lowest BCUT2D eigenvalue weighted by Crippen LogP contribution is -2.30. The fraction of sp³-hybridized carbons (Fsp3) is 0.949. The number of esters is 4. The van der Waals surface area contributed by atoms with E-state index >= 15 is 0 Å². The molecule has 0 aromatic rings. The van der Waals surface area contributed by atoms with Gasteiger partial charge in [0, 0.05) is 25.7 Å². The van der Waals surface area contributed by atoms with Gasteiger partial charge in [0.05, 0.1) is 26.4 Å². The molecule has 0 fully saturated rings. The van der Waals surface area contributed by atoms with Crippen molar-refractivity contribution >= 4 is 39.5 Å². The highest BCUT2D eigenvalue weighted by atomic mass is 31.2. The van der Waals surface area contributed by atoms with Gasteiger partial charge in [-0.3, -0.25) is 37.3 Å². The van der Waals surface area contributed by atoms with Crippen molar-refractivity contribution in [2.45, 2.75) is 438 Å². The first-order valence-electron chi connectivity index (χ1n) is 40.8. The summed E-state index contributed by atoms with van der Waals surface area (Å²) in [5.74, 6) is -2.11. The van der Waals surface area contributed by atoms with Gasteiger partial charge in [-0.2, -0.15) is 0 Å². The maximum atomic E-state index is 13.1. The van der Waals surface area contributed by atoms with Gasteiger partial charge in [-0.25, -0.2) is 9.13 Å². The van der Waals surface area contributed by atoms with E-state index in [1.807, 2.05) is 0 Å². The van der Waals surface area contributed by atoms with Crippen LogP contribution in [0.25, 0.3) is 0 Å². The molecule has 3 N–H and O–H groups in total. The molecule has 0 radical (unpaired) electrons. The van der Waals surface area contributed by atoms with E-state index in [0.717, 1.165) is 103 Å². The Morgan fingerprint density at radius 3 is 0.608 bits per heavy atom. The van der Waals surface area contributed by atoms with Gasteiger partial charge in [-0.15, -0.1) is 0 Å². The highest BCUT2D eigenvalue weighted by Crippen LogP contribution is 2.45. The Hall–Kier alpha value is -1.94. The van der Waals surface area contributed by atoms with E-state index in [0.29, 0.717) is 25.7 Å². The van der Waals surface area contributed by atoms with Gasteiger partial charge in [0.25, 0.3) is 0 Å². The van der Waals surface area contributed by atoms with Gasteiger partial charge in [0.15, 0.2) is 12.2 Å². The number of phosphoric acid groups is 2. The molecule has 576 valence electrons. The Morgan fingerprint density at radius 2 is 0.412 bits per heavy atom. The lowest BCUT2D eigenvalue weighted by Gasteiger charge is -2.21. The van der Waals surface area contributed by atoms with E-state index in [1.54, 1.807) is 0 Å². The number of aliphatic hydroxyl groups is 1. The van der Waals surface area contributed by atoms with Crippen molar-refractivity contribution in [2.75, 3.05) is 39.6 Å². The fourth-order valence-corrected chi connectivity index (χ4v) is 13.7. The lowest BCUT2D eigenvalue weighted by molar-refractivity contribution is -0.161. The third kappa shape index (κ3) is 72.2. The summed E-state index contributed by atoms with van der Waals surface area (Å²) in [6.07, 6.45) is 64.0. The quantitative estimate of drug-likeness (QED) is 0.0222. The summed E-state index contributed by atoms with van der Waals surface area (Å²) in [4.78, 5) is 72.7. The molecule has 0 rings (SSSR count). The van der Waals surface area contributed by atoms with Gasteiger partial charge >= 0.3 is 39.5 Å². The Balaban J connectivity index is 5.16. The maximum Gasteiger partial charge on any atom is 0.472 e. The third-order valence-corrected chi connectivity index (χ3v) is 20.3. The highest BCUT2D eigenvalue weighted by molar-refractivity contribution is 7.47. The summed E-state index contributed by atoms with van der Waals surface area (Å²) in [7, 11) is -9.91. The Bertz CT molecular complexity index is 1840. The molecule has 2 unspecified atom stereocenters. The van der Waals surface area contributed by atoms with Crippen LogP contribution in [0.5, 0.6) is 0 Å². The second kappa shape index (κ2) is 72.4. The zero-order chi connectivity index (χ0) is 71.1. The van der Waals surface area contributed by atoms with Crippen LogP contribution >= 0.6 is 15.6 Å². The van der Waals surface area contributed by atoms with E-state index in [4.69, 9.17) is 37.0 Å². The van der Waals surface area contributed by atoms with Gasteiger partial charge < -0.3 is 33.8 Å². The van der Waals surface area contributed by atoms with E-state index in [9.17, 15) is 43.2 Å². The zero-order valence-corrected chi connectivity index (χ0v) is 64.8. The first-order valence-corrected chi connectivity index (χ1v) is 43.8. The summed E-state index contributed by atoms with van der Waals surface area (Å²) in [5.41, 5.74) is 0. The molecule has 19 heteroatoms. The summed E-state index contributed by atoms with van der Waals surface area (Å²) >= 11 is 0. The number of carbonyl (C=O) groups excluding carboxylic acids is 4. The average molecular weight is 1420 g/mol. The van der Waals surface area contributed by atoms with Crippen molar-refractivity contribution in [1.82, 2.24) is 0 Å². The van der Waals surface area contributed by atoms with Crippen LogP contribution in [0.2, 0.25) is 0 Å². The van der Waals surface area contributed by atoms with Crippen LogP contribution in [-0.4, -0.2) is 96.7 Å². The normalized spacial score (nSPS) is 13.8. The molecular weight excluding hydrogens is 1270 g/mol. The summed E-state index contributed by atoms with van der Waals surface area (Å²) < 4.78 is 68.5. The second-order valence-electron chi connectivity index (χ2n) is 28.1. The number of hydrogen-bond acceptors (Lipinski definition) is 15. The van der Waals surface area contributed by atoms with Crippen molar-refractivity contribution in [3.63, 3.8) is 0 Å². The van der Waals surface area contributed by atoms with Crippen LogP contribution in [0.1, 0.15) is 419 Å². The van der Waals surface area contributed by atoms with E-state index < -0.39 is 97.5 Å². The molecule has 0 bridgehead atoms. The number of hydrogen-bond donors (Lipinski definition) is 3. The second-order valence-corrected chi connectivity index (χ2v) is 31.0. The van der Waals surface area contributed by atoms with E-state index in [-0.39, 0.29) is 25.7 Å². The van der Waals surface area contributed by atoms with Crippen molar-refractivity contribution in [2.24, 2.45) is 0 Å². The van der Waals surface area contributed by atoms with Gasteiger partial charge in [-0.1, -0.05) is 368 Å². The predicted molar refractivity (Wildman–Crippen MR) is 395 cm³/mol. The summed E-state index contributed by atoms with van der Waals surface area (Å²) in [6, 6.07) is 0. The van der Waals surface area contributed by atoms with Crippen LogP contribution in [0.4, 0.5) is 0 Å². The fourth-order valence-electron chi connectivity index (χ4n) is 12.1. The first-order chi connectivity index (χ1) is 47.2. The minimum Gasteiger partial charge on any atom is -0.462 e. The van der Waals surface area contributed by atoms with Crippen molar-refractivity contribution < 1.29 is 80.2 Å². The van der Waals surface area contributed by atoms with Crippen LogP contribution in [0.15, 0.2) is 0 Å². The monoisotopic (exact) mass is 1420 g/mol. The molecule has 0 saturated heterocycles. The number of ether oxygens (including phenoxy) is 4. The Labute approximate surface area is 594 Å². The molecule has 0 aliphatic rings. The minimum absolute atomic E-state index is 0.108. The third-order valence-electron chi connectivity index (χ3n) is 18.4. The first kappa shape index (κ1) is 95.1. The van der Waals surface area contributed by atoms with Crippen molar-refractivity contribution in [3.8, 4) is 0 Å². The highest BCUT2D eigenvalue weighted by Gasteiger charge is 2.30. The van der Waals surface area contributed by atoms with Crippen molar-refractivity contribution in [3.05, 3.63) is 0 Å². The summed E-state index contributed by atoms with van der Waals surface area (Å²) in [6.45, 7) is 4.97. The van der Waals surface area contributed by atoms with E-state index in [1.165, 1.54) is 238 Å². The van der Waals surface area contributed by atoms with Gasteiger partial charge in [-0.05, 0) is 25.7 Å². The number of aliphatic hydroxyl groups excluding tert-OH is 1. The Morgan fingerprint density at radius 1 is 0.247 bits per heavy atom. The number of carbonyl (C=O) groups is 4. The van der Waals surface area contributed by atoms with Crippen LogP contribution in [-0.2, 0) is 65.4 Å². The molecule has 0 aromatic heterocycles. The average Bonchev–Trinajstić information content (AvgIpc) is 1.09. The minimum atomic E-state index is -4.96. The maximum absolute atomic E-state index is 13.1. The summed E-state index contributed by atoms with van der Waals surface area (Å²) in [5, 5.41) is 10.6. The molecule has 0 saturated carbocycles. The molecule has 0 aromatic carbocycles. The molecule has 0 aliphatic heterocycles. The molecule has 5 atom stereocenters. The van der Waals surface area contributed by atoms with E-state index in [2.05, 4.69) is 27.7 Å². The van der Waals surface area contributed by atoms with Crippen LogP contribution in [0, 0.1) is 0 Å². The smallest absolute Gasteiger partial charge is 0.462 e. The van der Waals surface area contributed by atoms with Crippen molar-refractivity contribution in [1.29, 1.82) is 0 Å². The molecule has 0 spiro atoms. The molecule has 17 nitrogen and oxygen atoms in total. The van der Waals surface area contributed by atoms with Crippen LogP contribution < -0.4 is 0 Å². The SMILES string of the molecule is CCCCCCCCCCCCCCCCCCCCCCCC(=O)O[C@H](COC(=O)CCCCCCCCCCCCCCCCC)COP(=O)(O)OC[C@@H](O)COP(=O)(O)OC[C@@H](COC(=O)CCCCCCCCC)OC(=O)CCCCCCCCCCCCCCCC. The Kier molecular flexibility index (Phi) is 71.0. The molecular formula is C78H152O17P2. The number of phosphoric ester groups is 2. The van der Waals surface area contributed by atoms with Gasteiger partial charge in [0.2, 0.25) is 0 Å². The lowest BCUT2D eigenvalue weighted by atomic mass is 10.0. The number of unbranched alkanes of at least 4 members (excludes halogenated alkanes) is 53. The molecule has 0 aliphatic carbocycles. The standard InChI is InChI=1S/C78H152O17P2/c1-5-9-13-17-21-24-27-30-33-34-35-36-37-38-40-43-46-49-53-57-61-65-78(83)95-74(69-89-76(81)63-59-55-51-47-44-42-39-31-28-25-22-18-14-10-6-2)71-93-97(86,87)91-67-72(79)66-90-96(84,85)92-70-73(68-88-75(80)62-58-54-50-20-16-12-8-4)94-77(82)64-60-56-52-48-45-41-32-29-26-23-19-15-11-7-3/h72-74,79H,5-71H2,1-4H3,(H,84,85)(H,86,87)/t72-,73+,74+/m0/s1. The zero-order valence-electron chi connectivity index (χ0n) is 63.1. The van der Waals surface area contributed by atoms with Crippen LogP contribution in [0.3, 0.4) is 0 Å². The van der Waals surface area contributed by atoms with Gasteiger partial charge in [0.1, 0.15) is 19.3 Å². The topological polar surface area (TPSA) is 237 Å². The molecule has 97 heavy (non-hydrogen) atoms. The largest absolute Gasteiger partial charge is 0.472 e.